The van der Waals surface area contributed by atoms with E-state index >= 15 is 0 Å². The van der Waals surface area contributed by atoms with Crippen LogP contribution in [0.4, 0.5) is 5.95 Å². The average molecular weight is 268 g/mol. The molecule has 0 bridgehead atoms. The third kappa shape index (κ3) is 1.97. The molecule has 0 amide bonds. The van der Waals surface area contributed by atoms with Crippen molar-refractivity contribution in [1.29, 1.82) is 0 Å². The standard InChI is InChI=1S/C15H16N4O/c1-10-7-8-17-14-13(10)18-15(16)19(14)9-11-5-3-4-6-12(11)20-2/h3-8H,9H2,1-2H3,(H2,16,18). The first kappa shape index (κ1) is 12.5. The van der Waals surface area contributed by atoms with Gasteiger partial charge in [0.2, 0.25) is 5.95 Å². The molecule has 0 aliphatic carbocycles. The van der Waals surface area contributed by atoms with Crippen molar-refractivity contribution in [1.82, 2.24) is 14.5 Å². The van der Waals surface area contributed by atoms with Gasteiger partial charge in [-0.25, -0.2) is 9.97 Å². The first-order chi connectivity index (χ1) is 9.70. The molecule has 0 saturated heterocycles. The topological polar surface area (TPSA) is 66.0 Å². The summed E-state index contributed by atoms with van der Waals surface area (Å²) in [6.07, 6.45) is 1.78. The van der Waals surface area contributed by atoms with Gasteiger partial charge in [0, 0.05) is 11.8 Å². The zero-order valence-electron chi connectivity index (χ0n) is 11.5. The van der Waals surface area contributed by atoms with Crippen LogP contribution in [0.2, 0.25) is 0 Å². The minimum absolute atomic E-state index is 0.465. The third-order valence-electron chi connectivity index (χ3n) is 3.39. The number of fused-ring (bicyclic) bond motifs is 1. The number of nitrogens with zero attached hydrogens (tertiary/aromatic N) is 3. The van der Waals surface area contributed by atoms with Crippen molar-refractivity contribution < 1.29 is 4.74 Å². The van der Waals surface area contributed by atoms with E-state index in [1.165, 1.54) is 0 Å². The van der Waals surface area contributed by atoms with E-state index in [-0.39, 0.29) is 0 Å². The van der Waals surface area contributed by atoms with Gasteiger partial charge in [-0.05, 0) is 24.6 Å². The van der Waals surface area contributed by atoms with Crippen molar-refractivity contribution in [2.24, 2.45) is 0 Å². The molecule has 1 aromatic carbocycles. The second-order valence-corrected chi connectivity index (χ2v) is 4.67. The van der Waals surface area contributed by atoms with Crippen LogP contribution < -0.4 is 10.5 Å². The monoisotopic (exact) mass is 268 g/mol. The summed E-state index contributed by atoms with van der Waals surface area (Å²) >= 11 is 0. The van der Waals surface area contributed by atoms with Gasteiger partial charge in [0.25, 0.3) is 0 Å². The lowest BCUT2D eigenvalue weighted by Gasteiger charge is -2.10. The Morgan fingerprint density at radius 2 is 2.05 bits per heavy atom. The smallest absolute Gasteiger partial charge is 0.202 e. The number of benzene rings is 1. The van der Waals surface area contributed by atoms with Crippen LogP contribution in [0.3, 0.4) is 0 Å². The molecular weight excluding hydrogens is 252 g/mol. The molecule has 3 rings (SSSR count). The first-order valence-corrected chi connectivity index (χ1v) is 6.40. The average Bonchev–Trinajstić information content (AvgIpc) is 2.78. The number of rotatable bonds is 3. The van der Waals surface area contributed by atoms with Crippen LogP contribution in [0, 0.1) is 6.92 Å². The van der Waals surface area contributed by atoms with E-state index in [0.717, 1.165) is 28.0 Å². The van der Waals surface area contributed by atoms with Crippen LogP contribution in [0.25, 0.3) is 11.2 Å². The number of para-hydroxylation sites is 1. The maximum Gasteiger partial charge on any atom is 0.202 e. The van der Waals surface area contributed by atoms with Crippen LogP contribution >= 0.6 is 0 Å². The molecule has 0 fully saturated rings. The van der Waals surface area contributed by atoms with Gasteiger partial charge in [-0.3, -0.25) is 4.57 Å². The second kappa shape index (κ2) is 4.85. The molecule has 2 heterocycles. The highest BCUT2D eigenvalue weighted by molar-refractivity contribution is 5.77. The number of nitrogens with two attached hydrogens (primary N) is 1. The quantitative estimate of drug-likeness (QED) is 0.792. The number of anilines is 1. The van der Waals surface area contributed by atoms with E-state index in [1.807, 2.05) is 41.8 Å². The SMILES string of the molecule is COc1ccccc1Cn1c(N)nc2c(C)ccnc21. The molecule has 5 nitrogen and oxygen atoms in total. The Hall–Kier alpha value is -2.56. The van der Waals surface area contributed by atoms with E-state index in [4.69, 9.17) is 10.5 Å². The highest BCUT2D eigenvalue weighted by Crippen LogP contribution is 2.24. The lowest BCUT2D eigenvalue weighted by Crippen LogP contribution is -2.06. The molecule has 0 atom stereocenters. The van der Waals surface area contributed by atoms with Gasteiger partial charge in [0.15, 0.2) is 5.65 Å². The predicted molar refractivity (Wildman–Crippen MR) is 78.8 cm³/mol. The summed E-state index contributed by atoms with van der Waals surface area (Å²) in [6.45, 7) is 2.59. The van der Waals surface area contributed by atoms with E-state index in [9.17, 15) is 0 Å². The lowest BCUT2D eigenvalue weighted by atomic mass is 10.2. The zero-order chi connectivity index (χ0) is 14.1. The molecule has 0 saturated carbocycles. The maximum atomic E-state index is 6.03. The van der Waals surface area contributed by atoms with Crippen molar-refractivity contribution in [2.75, 3.05) is 12.8 Å². The van der Waals surface area contributed by atoms with Gasteiger partial charge >= 0.3 is 0 Å². The molecule has 0 aliphatic heterocycles. The number of methoxy groups -OCH3 is 1. The molecular formula is C15H16N4O. The maximum absolute atomic E-state index is 6.03. The summed E-state index contributed by atoms with van der Waals surface area (Å²) in [5.74, 6) is 1.30. The van der Waals surface area contributed by atoms with Crippen LogP contribution in [0.1, 0.15) is 11.1 Å². The Morgan fingerprint density at radius 1 is 1.25 bits per heavy atom. The van der Waals surface area contributed by atoms with E-state index in [1.54, 1.807) is 13.3 Å². The van der Waals surface area contributed by atoms with E-state index < -0.39 is 0 Å². The van der Waals surface area contributed by atoms with Crippen molar-refractivity contribution >= 4 is 17.1 Å². The second-order valence-electron chi connectivity index (χ2n) is 4.67. The number of hydrogen-bond acceptors (Lipinski definition) is 4. The molecule has 102 valence electrons. The first-order valence-electron chi connectivity index (χ1n) is 6.40. The molecule has 5 heteroatoms. The molecule has 20 heavy (non-hydrogen) atoms. The fraction of sp³-hybridized carbons (Fsp3) is 0.200. The number of aromatic nitrogens is 3. The number of aryl methyl sites for hydroxylation is 1. The van der Waals surface area contributed by atoms with Gasteiger partial charge in [-0.15, -0.1) is 0 Å². The predicted octanol–water partition coefficient (Wildman–Crippen LogP) is 2.38. The van der Waals surface area contributed by atoms with Crippen LogP contribution in [-0.4, -0.2) is 21.6 Å². The van der Waals surface area contributed by atoms with Crippen molar-refractivity contribution in [3.05, 3.63) is 47.7 Å². The summed E-state index contributed by atoms with van der Waals surface area (Å²) in [7, 11) is 1.66. The molecule has 0 unspecified atom stereocenters. The summed E-state index contributed by atoms with van der Waals surface area (Å²) in [4.78, 5) is 8.80. The Balaban J connectivity index is 2.11. The fourth-order valence-electron chi connectivity index (χ4n) is 2.32. The zero-order valence-corrected chi connectivity index (χ0v) is 11.5. The van der Waals surface area contributed by atoms with Gasteiger partial charge in [-0.2, -0.15) is 0 Å². The third-order valence-corrected chi connectivity index (χ3v) is 3.39. The van der Waals surface area contributed by atoms with Gasteiger partial charge in [0.05, 0.1) is 13.7 Å². The summed E-state index contributed by atoms with van der Waals surface area (Å²) in [5, 5.41) is 0. The number of imidazole rings is 1. The number of nitrogen functional groups attached to an aromatic ring is 1. The fourth-order valence-corrected chi connectivity index (χ4v) is 2.32. The minimum atomic E-state index is 0.465. The van der Waals surface area contributed by atoms with Crippen molar-refractivity contribution in [3.63, 3.8) is 0 Å². The highest BCUT2D eigenvalue weighted by Gasteiger charge is 2.13. The van der Waals surface area contributed by atoms with E-state index in [0.29, 0.717) is 12.5 Å². The van der Waals surface area contributed by atoms with Crippen LogP contribution in [-0.2, 0) is 6.54 Å². The summed E-state index contributed by atoms with van der Waals surface area (Å²) in [6, 6.07) is 9.80. The van der Waals surface area contributed by atoms with Gasteiger partial charge in [0.1, 0.15) is 11.3 Å². The number of pyridine rings is 1. The van der Waals surface area contributed by atoms with Crippen LogP contribution in [0.15, 0.2) is 36.5 Å². The number of ether oxygens (including phenoxy) is 1. The van der Waals surface area contributed by atoms with Crippen molar-refractivity contribution in [2.45, 2.75) is 13.5 Å². The van der Waals surface area contributed by atoms with E-state index in [2.05, 4.69) is 9.97 Å². The lowest BCUT2D eigenvalue weighted by molar-refractivity contribution is 0.408. The molecule has 0 aliphatic rings. The molecule has 2 N–H and O–H groups in total. The largest absolute Gasteiger partial charge is 0.496 e. The Bertz CT molecular complexity index is 764. The van der Waals surface area contributed by atoms with Gasteiger partial charge in [-0.1, -0.05) is 18.2 Å². The van der Waals surface area contributed by atoms with Gasteiger partial charge < -0.3 is 10.5 Å². The Morgan fingerprint density at radius 3 is 2.85 bits per heavy atom. The minimum Gasteiger partial charge on any atom is -0.496 e. The van der Waals surface area contributed by atoms with Crippen LogP contribution in [0.5, 0.6) is 5.75 Å². The molecule has 2 aromatic heterocycles. The van der Waals surface area contributed by atoms with Crippen molar-refractivity contribution in [3.8, 4) is 5.75 Å². The molecule has 0 spiro atoms. The Kier molecular flexibility index (Phi) is 3.02. The Labute approximate surface area is 117 Å². The summed E-state index contributed by atoms with van der Waals surface area (Å²) < 4.78 is 7.28. The number of hydrogen-bond donors (Lipinski definition) is 1. The molecule has 3 aromatic rings. The normalized spacial score (nSPS) is 10.9. The summed E-state index contributed by atoms with van der Waals surface area (Å²) in [5.41, 5.74) is 9.79. The molecule has 0 radical (unpaired) electrons. The highest BCUT2D eigenvalue weighted by atomic mass is 16.5.